The van der Waals surface area contributed by atoms with Crippen molar-refractivity contribution in [3.8, 4) is 0 Å². The molecule has 0 fully saturated rings. The molecule has 1 heterocycles. The molecule has 2 rings (SSSR count). The van der Waals surface area contributed by atoms with Gasteiger partial charge in [-0.25, -0.2) is 4.39 Å². The normalized spacial score (nSPS) is 12.0. The van der Waals surface area contributed by atoms with Crippen molar-refractivity contribution >= 4 is 33.2 Å². The van der Waals surface area contributed by atoms with E-state index in [1.165, 1.54) is 36.9 Å². The molecule has 1 aromatic carbocycles. The number of nitrogens with one attached hydrogen (secondary N) is 1. The van der Waals surface area contributed by atoms with E-state index in [1.54, 1.807) is 6.07 Å². The Morgan fingerprint density at radius 1 is 1.55 bits per heavy atom. The van der Waals surface area contributed by atoms with Crippen LogP contribution in [0.25, 0.3) is 0 Å². The SMILES string of the molecule is Cc1nn(C(C)C(=O)Nc2ccc(Br)cc2F)cc1[N+](=O)[O-]. The molecule has 1 unspecified atom stereocenters. The van der Waals surface area contributed by atoms with E-state index in [2.05, 4.69) is 26.3 Å². The van der Waals surface area contributed by atoms with Crippen molar-refractivity contribution < 1.29 is 14.1 Å². The summed E-state index contributed by atoms with van der Waals surface area (Å²) in [6, 6.07) is 3.41. The smallest absolute Gasteiger partial charge is 0.309 e. The van der Waals surface area contributed by atoms with E-state index in [0.29, 0.717) is 4.47 Å². The third kappa shape index (κ3) is 3.30. The lowest BCUT2D eigenvalue weighted by Gasteiger charge is -2.13. The van der Waals surface area contributed by atoms with Crippen molar-refractivity contribution in [3.05, 3.63) is 50.5 Å². The number of anilines is 1. The molecule has 0 saturated carbocycles. The van der Waals surface area contributed by atoms with E-state index in [4.69, 9.17) is 0 Å². The van der Waals surface area contributed by atoms with Gasteiger partial charge in [-0.2, -0.15) is 5.10 Å². The van der Waals surface area contributed by atoms with Gasteiger partial charge in [-0.05, 0) is 32.0 Å². The van der Waals surface area contributed by atoms with Crippen LogP contribution in [0.15, 0.2) is 28.9 Å². The first kappa shape index (κ1) is 16.1. The Hall–Kier alpha value is -2.29. The van der Waals surface area contributed by atoms with Crippen LogP contribution in [0.1, 0.15) is 18.7 Å². The molecule has 1 N–H and O–H groups in total. The number of amides is 1. The number of carbonyl (C=O) groups excluding carboxylic acids is 1. The average molecular weight is 371 g/mol. The standard InChI is InChI=1S/C13H12BrFN4O3/c1-7-12(19(21)22)6-18(17-7)8(2)13(20)16-11-4-3-9(14)5-10(11)15/h3-6,8H,1-2H3,(H,16,20). The summed E-state index contributed by atoms with van der Waals surface area (Å²) < 4.78 is 15.4. The van der Waals surface area contributed by atoms with Crippen LogP contribution in [0, 0.1) is 22.9 Å². The molecule has 22 heavy (non-hydrogen) atoms. The van der Waals surface area contributed by atoms with E-state index in [0.717, 1.165) is 0 Å². The zero-order valence-corrected chi connectivity index (χ0v) is 13.3. The van der Waals surface area contributed by atoms with Gasteiger partial charge in [-0.3, -0.25) is 19.6 Å². The van der Waals surface area contributed by atoms with E-state index >= 15 is 0 Å². The second-order valence-corrected chi connectivity index (χ2v) is 5.54. The fourth-order valence-corrected chi connectivity index (χ4v) is 2.13. The summed E-state index contributed by atoms with van der Waals surface area (Å²) in [4.78, 5) is 22.3. The lowest BCUT2D eigenvalue weighted by atomic mass is 10.2. The van der Waals surface area contributed by atoms with Crippen molar-refractivity contribution in [2.45, 2.75) is 19.9 Å². The minimum atomic E-state index is -0.824. The second kappa shape index (κ2) is 6.22. The van der Waals surface area contributed by atoms with Gasteiger partial charge >= 0.3 is 5.69 Å². The van der Waals surface area contributed by atoms with Gasteiger partial charge in [0.15, 0.2) is 0 Å². The Morgan fingerprint density at radius 3 is 2.77 bits per heavy atom. The van der Waals surface area contributed by atoms with Gasteiger partial charge in [0.25, 0.3) is 0 Å². The van der Waals surface area contributed by atoms with Crippen molar-refractivity contribution in [3.63, 3.8) is 0 Å². The number of aryl methyl sites for hydroxylation is 1. The van der Waals surface area contributed by atoms with Crippen molar-refractivity contribution in [2.75, 3.05) is 5.32 Å². The Bertz CT molecular complexity index is 747. The van der Waals surface area contributed by atoms with Crippen LogP contribution in [-0.2, 0) is 4.79 Å². The number of rotatable bonds is 4. The highest BCUT2D eigenvalue weighted by Crippen LogP contribution is 2.22. The zero-order chi connectivity index (χ0) is 16.4. The highest BCUT2D eigenvalue weighted by Gasteiger charge is 2.22. The fraction of sp³-hybridized carbons (Fsp3) is 0.231. The predicted molar refractivity (Wildman–Crippen MR) is 81.1 cm³/mol. The number of hydrogen-bond donors (Lipinski definition) is 1. The fourth-order valence-electron chi connectivity index (χ4n) is 1.80. The molecule has 1 aromatic heterocycles. The first-order valence-electron chi connectivity index (χ1n) is 6.25. The molecule has 2 aromatic rings. The second-order valence-electron chi connectivity index (χ2n) is 4.63. The van der Waals surface area contributed by atoms with Gasteiger partial charge < -0.3 is 5.32 Å². The van der Waals surface area contributed by atoms with Crippen LogP contribution in [0.2, 0.25) is 0 Å². The van der Waals surface area contributed by atoms with Crippen LogP contribution in [0.4, 0.5) is 15.8 Å². The highest BCUT2D eigenvalue weighted by molar-refractivity contribution is 9.10. The third-order valence-electron chi connectivity index (χ3n) is 3.05. The quantitative estimate of drug-likeness (QED) is 0.660. The predicted octanol–water partition coefficient (Wildman–Crippen LogP) is 3.20. The highest BCUT2D eigenvalue weighted by atomic mass is 79.9. The number of nitrogens with zero attached hydrogens (tertiary/aromatic N) is 3. The molecule has 1 amide bonds. The van der Waals surface area contributed by atoms with Crippen LogP contribution in [0.5, 0.6) is 0 Å². The van der Waals surface area contributed by atoms with Crippen molar-refractivity contribution in [1.29, 1.82) is 0 Å². The third-order valence-corrected chi connectivity index (χ3v) is 3.55. The molecule has 0 saturated heterocycles. The zero-order valence-electron chi connectivity index (χ0n) is 11.7. The Balaban J connectivity index is 2.18. The molecule has 1 atom stereocenters. The molecular weight excluding hydrogens is 359 g/mol. The molecule has 7 nitrogen and oxygen atoms in total. The van der Waals surface area contributed by atoms with Gasteiger partial charge in [-0.1, -0.05) is 15.9 Å². The summed E-state index contributed by atoms with van der Waals surface area (Å²) in [5, 5.41) is 17.2. The Morgan fingerprint density at radius 2 is 2.23 bits per heavy atom. The van der Waals surface area contributed by atoms with Gasteiger partial charge in [-0.15, -0.1) is 0 Å². The van der Waals surface area contributed by atoms with E-state index in [-0.39, 0.29) is 17.1 Å². The average Bonchev–Trinajstić information content (AvgIpc) is 2.83. The van der Waals surface area contributed by atoms with Crippen molar-refractivity contribution in [1.82, 2.24) is 9.78 Å². The molecule has 0 spiro atoms. The molecule has 0 aliphatic heterocycles. The summed E-state index contributed by atoms with van der Waals surface area (Å²) in [7, 11) is 0. The Kier molecular flexibility index (Phi) is 4.55. The van der Waals surface area contributed by atoms with Crippen LogP contribution in [0.3, 0.4) is 0 Å². The molecule has 0 aliphatic carbocycles. The lowest BCUT2D eigenvalue weighted by Crippen LogP contribution is -2.24. The summed E-state index contributed by atoms with van der Waals surface area (Å²) in [6.45, 7) is 3.00. The van der Waals surface area contributed by atoms with Gasteiger partial charge in [0.1, 0.15) is 23.7 Å². The van der Waals surface area contributed by atoms with Crippen LogP contribution >= 0.6 is 15.9 Å². The van der Waals surface area contributed by atoms with Crippen LogP contribution < -0.4 is 5.32 Å². The van der Waals surface area contributed by atoms with Gasteiger partial charge in [0.05, 0.1) is 10.6 Å². The minimum Gasteiger partial charge on any atom is -0.322 e. The number of hydrogen-bond acceptors (Lipinski definition) is 4. The first-order chi connectivity index (χ1) is 10.3. The Labute approximate surface area is 133 Å². The number of nitro groups is 1. The molecular formula is C13H12BrFN4O3. The summed E-state index contributed by atoms with van der Waals surface area (Å²) in [6.07, 6.45) is 1.18. The maximum absolute atomic E-state index is 13.7. The van der Waals surface area contributed by atoms with Gasteiger partial charge in [0.2, 0.25) is 5.91 Å². The van der Waals surface area contributed by atoms with Gasteiger partial charge in [0, 0.05) is 4.47 Å². The van der Waals surface area contributed by atoms with E-state index < -0.39 is 22.7 Å². The summed E-state index contributed by atoms with van der Waals surface area (Å²) >= 11 is 3.12. The molecule has 116 valence electrons. The summed E-state index contributed by atoms with van der Waals surface area (Å²) in [5.41, 5.74) is 0.0624. The molecule has 9 heteroatoms. The van der Waals surface area contributed by atoms with E-state index in [9.17, 15) is 19.3 Å². The largest absolute Gasteiger partial charge is 0.322 e. The van der Waals surface area contributed by atoms with E-state index in [1.807, 2.05) is 0 Å². The number of aromatic nitrogens is 2. The number of benzene rings is 1. The maximum Gasteiger partial charge on any atom is 0.309 e. The molecule has 0 aliphatic rings. The first-order valence-corrected chi connectivity index (χ1v) is 7.05. The van der Waals surface area contributed by atoms with Crippen LogP contribution in [-0.4, -0.2) is 20.6 Å². The minimum absolute atomic E-state index is 0.0263. The van der Waals surface area contributed by atoms with Crippen molar-refractivity contribution in [2.24, 2.45) is 0 Å². The summed E-state index contributed by atoms with van der Waals surface area (Å²) in [5.74, 6) is -1.11. The maximum atomic E-state index is 13.7. The molecule has 0 radical (unpaired) electrons. The number of carbonyl (C=O) groups is 1. The molecule has 0 bridgehead atoms. The number of halogens is 2. The monoisotopic (exact) mass is 370 g/mol. The lowest BCUT2D eigenvalue weighted by molar-refractivity contribution is -0.385. The topological polar surface area (TPSA) is 90.1 Å².